The largest absolute Gasteiger partial charge is 0.548 e. The number of amides is 1. The van der Waals surface area contributed by atoms with Gasteiger partial charge in [0.15, 0.2) is 0 Å². The number of rotatable bonds is 7. The average molecular weight is 266 g/mol. The minimum absolute atomic E-state index is 0.381. The Morgan fingerprint density at radius 1 is 1.26 bits per heavy atom. The molecule has 0 heterocycles. The Morgan fingerprint density at radius 3 is 2.42 bits per heavy atom. The van der Waals surface area contributed by atoms with Crippen LogP contribution in [0.2, 0.25) is 0 Å². The maximum absolute atomic E-state index is 11.5. The van der Waals surface area contributed by atoms with E-state index < -0.39 is 18.4 Å². The predicted octanol–water partition coefficient (Wildman–Crippen LogP) is -2.31. The zero-order valence-corrected chi connectivity index (χ0v) is 11.1. The predicted molar refractivity (Wildman–Crippen MR) is 67.0 cm³/mol. The Bertz CT molecular complexity index is 429. The number of carboxylic acids is 1. The van der Waals surface area contributed by atoms with E-state index in [2.05, 4.69) is 5.32 Å². The third kappa shape index (κ3) is 5.87. The first kappa shape index (κ1) is 15.0. The lowest BCUT2D eigenvalue weighted by Gasteiger charge is -2.10. The van der Waals surface area contributed by atoms with Crippen molar-refractivity contribution in [1.29, 1.82) is 0 Å². The third-order valence-electron chi connectivity index (χ3n) is 2.38. The fourth-order valence-electron chi connectivity index (χ4n) is 1.33. The summed E-state index contributed by atoms with van der Waals surface area (Å²) in [6, 6.07) is 6.53. The highest BCUT2D eigenvalue weighted by Crippen LogP contribution is 2.11. The highest BCUT2D eigenvalue weighted by molar-refractivity contribution is 5.95. The molecule has 0 aliphatic carbocycles. The molecule has 0 radical (unpaired) electrons. The molecular formula is C13H18N2O4. The van der Waals surface area contributed by atoms with Crippen molar-refractivity contribution in [2.45, 2.75) is 0 Å². The number of benzene rings is 1. The second kappa shape index (κ2) is 7.38. The van der Waals surface area contributed by atoms with E-state index in [4.69, 9.17) is 4.74 Å². The number of aliphatic carboxylic acids is 1. The van der Waals surface area contributed by atoms with Crippen LogP contribution in [-0.2, 0) is 4.79 Å². The molecule has 0 saturated heterocycles. The minimum Gasteiger partial charge on any atom is -0.548 e. The van der Waals surface area contributed by atoms with E-state index in [-0.39, 0.29) is 0 Å². The van der Waals surface area contributed by atoms with E-state index in [0.717, 1.165) is 6.54 Å². The summed E-state index contributed by atoms with van der Waals surface area (Å²) in [5, 5.41) is 12.4. The van der Waals surface area contributed by atoms with Crippen LogP contribution < -0.4 is 20.1 Å². The summed E-state index contributed by atoms with van der Waals surface area (Å²) >= 11 is 0. The number of ether oxygens (including phenoxy) is 1. The van der Waals surface area contributed by atoms with Gasteiger partial charge in [-0.25, -0.2) is 0 Å². The summed E-state index contributed by atoms with van der Waals surface area (Å²) < 4.78 is 5.49. The lowest BCUT2D eigenvalue weighted by Crippen LogP contribution is -3.06. The Kier molecular flexibility index (Phi) is 5.81. The van der Waals surface area contributed by atoms with Crippen LogP contribution in [0, 0.1) is 0 Å². The van der Waals surface area contributed by atoms with Gasteiger partial charge in [0.05, 0.1) is 26.6 Å². The second-order valence-corrected chi connectivity index (χ2v) is 4.38. The van der Waals surface area contributed by atoms with E-state index in [1.54, 1.807) is 24.3 Å². The molecule has 2 N–H and O–H groups in total. The summed E-state index contributed by atoms with van der Waals surface area (Å²) in [5.41, 5.74) is 0.381. The van der Waals surface area contributed by atoms with Gasteiger partial charge < -0.3 is 24.9 Å². The number of carbonyl (C=O) groups is 2. The number of nitrogens with one attached hydrogen (secondary N) is 2. The van der Waals surface area contributed by atoms with Crippen LogP contribution in [0.3, 0.4) is 0 Å². The van der Waals surface area contributed by atoms with Crippen molar-refractivity contribution < 1.29 is 24.3 Å². The lowest BCUT2D eigenvalue weighted by molar-refractivity contribution is -0.858. The molecule has 19 heavy (non-hydrogen) atoms. The summed E-state index contributed by atoms with van der Waals surface area (Å²) in [7, 11) is 4.07. The van der Waals surface area contributed by atoms with E-state index in [1.165, 1.54) is 4.90 Å². The molecule has 0 bridgehead atoms. The Labute approximate surface area is 112 Å². The molecule has 1 rings (SSSR count). The van der Waals surface area contributed by atoms with Crippen LogP contribution in [0.1, 0.15) is 10.4 Å². The van der Waals surface area contributed by atoms with Gasteiger partial charge in [0, 0.05) is 5.56 Å². The SMILES string of the molecule is C[NH+](C)CCOc1ccc(C(=O)NCC(=O)[O-])cc1. The van der Waals surface area contributed by atoms with Gasteiger partial charge in [0.1, 0.15) is 18.9 Å². The molecule has 1 aromatic carbocycles. The van der Waals surface area contributed by atoms with Gasteiger partial charge >= 0.3 is 0 Å². The van der Waals surface area contributed by atoms with Crippen LogP contribution in [0.15, 0.2) is 24.3 Å². The van der Waals surface area contributed by atoms with Gasteiger partial charge in [0.2, 0.25) is 0 Å². The third-order valence-corrected chi connectivity index (χ3v) is 2.38. The number of carbonyl (C=O) groups excluding carboxylic acids is 2. The van der Waals surface area contributed by atoms with Crippen molar-refractivity contribution >= 4 is 11.9 Å². The van der Waals surface area contributed by atoms with Crippen molar-refractivity contribution in [3.05, 3.63) is 29.8 Å². The first-order valence-corrected chi connectivity index (χ1v) is 5.99. The highest BCUT2D eigenvalue weighted by Gasteiger charge is 2.05. The molecule has 6 nitrogen and oxygen atoms in total. The quantitative estimate of drug-likeness (QED) is 0.581. The molecular weight excluding hydrogens is 248 g/mol. The molecule has 6 heteroatoms. The van der Waals surface area contributed by atoms with Crippen molar-refractivity contribution in [3.63, 3.8) is 0 Å². The van der Waals surface area contributed by atoms with E-state index in [1.807, 2.05) is 14.1 Å². The summed E-state index contributed by atoms with van der Waals surface area (Å²) in [6.07, 6.45) is 0. The van der Waals surface area contributed by atoms with Gasteiger partial charge in [-0.2, -0.15) is 0 Å². The van der Waals surface area contributed by atoms with Crippen LogP contribution in [0.5, 0.6) is 5.75 Å². The van der Waals surface area contributed by atoms with E-state index in [0.29, 0.717) is 17.9 Å². The minimum atomic E-state index is -1.32. The molecule has 0 atom stereocenters. The van der Waals surface area contributed by atoms with Crippen LogP contribution in [-0.4, -0.2) is 45.7 Å². The van der Waals surface area contributed by atoms with Gasteiger partial charge in [-0.15, -0.1) is 0 Å². The maximum Gasteiger partial charge on any atom is 0.251 e. The van der Waals surface area contributed by atoms with Crippen LogP contribution in [0.4, 0.5) is 0 Å². The standard InChI is InChI=1S/C13H18N2O4/c1-15(2)7-8-19-11-5-3-10(4-6-11)13(18)14-9-12(16)17/h3-6H,7-9H2,1-2H3,(H,14,18)(H,16,17). The van der Waals surface area contributed by atoms with Gasteiger partial charge in [0.25, 0.3) is 5.91 Å². The number of hydrogen-bond acceptors (Lipinski definition) is 4. The Balaban J connectivity index is 2.46. The number of likely N-dealkylation sites (N-methyl/N-ethyl adjacent to an activating group) is 1. The zero-order valence-electron chi connectivity index (χ0n) is 11.1. The fourth-order valence-corrected chi connectivity index (χ4v) is 1.33. The molecule has 0 unspecified atom stereocenters. The lowest BCUT2D eigenvalue weighted by atomic mass is 10.2. The molecule has 0 aliphatic rings. The monoisotopic (exact) mass is 266 g/mol. The average Bonchev–Trinajstić information content (AvgIpc) is 2.36. The van der Waals surface area contributed by atoms with Crippen molar-refractivity contribution in [1.82, 2.24) is 5.32 Å². The summed E-state index contributed by atoms with van der Waals surface area (Å²) in [6.45, 7) is 0.981. The second-order valence-electron chi connectivity index (χ2n) is 4.38. The topological polar surface area (TPSA) is 82.9 Å². The van der Waals surface area contributed by atoms with Gasteiger partial charge in [-0.1, -0.05) is 0 Å². The van der Waals surface area contributed by atoms with Crippen molar-refractivity contribution in [2.75, 3.05) is 33.8 Å². The number of carboxylic acid groups (broad SMARTS) is 1. The molecule has 0 aliphatic heterocycles. The zero-order chi connectivity index (χ0) is 14.3. The first-order chi connectivity index (χ1) is 8.99. The Morgan fingerprint density at radius 2 is 1.89 bits per heavy atom. The fraction of sp³-hybridized carbons (Fsp3) is 0.385. The Hall–Kier alpha value is -2.08. The molecule has 0 fully saturated rings. The van der Waals surface area contributed by atoms with Crippen LogP contribution >= 0.6 is 0 Å². The summed E-state index contributed by atoms with van der Waals surface area (Å²) in [4.78, 5) is 23.0. The van der Waals surface area contributed by atoms with Crippen LogP contribution in [0.25, 0.3) is 0 Å². The number of quaternary nitrogens is 1. The summed E-state index contributed by atoms with van der Waals surface area (Å²) in [5.74, 6) is -1.09. The van der Waals surface area contributed by atoms with Crippen molar-refractivity contribution in [3.8, 4) is 5.75 Å². The van der Waals surface area contributed by atoms with Gasteiger partial charge in [-0.3, -0.25) is 4.79 Å². The molecule has 1 aromatic rings. The van der Waals surface area contributed by atoms with Crippen molar-refractivity contribution in [2.24, 2.45) is 0 Å². The molecule has 1 amide bonds. The molecule has 104 valence electrons. The normalized spacial score (nSPS) is 10.3. The first-order valence-electron chi connectivity index (χ1n) is 5.99. The van der Waals surface area contributed by atoms with Gasteiger partial charge in [-0.05, 0) is 24.3 Å². The molecule has 0 saturated carbocycles. The number of hydrogen-bond donors (Lipinski definition) is 2. The molecule has 0 aromatic heterocycles. The van der Waals surface area contributed by atoms with E-state index >= 15 is 0 Å². The smallest absolute Gasteiger partial charge is 0.251 e. The highest BCUT2D eigenvalue weighted by atomic mass is 16.5. The molecule has 0 spiro atoms. The van der Waals surface area contributed by atoms with E-state index in [9.17, 15) is 14.7 Å². The maximum atomic E-state index is 11.5.